The van der Waals surface area contributed by atoms with Crippen LogP contribution in [0, 0.1) is 6.92 Å². The van der Waals surface area contributed by atoms with E-state index in [2.05, 4.69) is 41.9 Å². The van der Waals surface area contributed by atoms with Crippen molar-refractivity contribution in [2.45, 2.75) is 6.92 Å². The number of aryl methyl sites for hydroxylation is 1. The molecular weight excluding hydrogens is 248 g/mol. The van der Waals surface area contributed by atoms with E-state index in [1.807, 2.05) is 12.1 Å². The van der Waals surface area contributed by atoms with Crippen LogP contribution in [-0.4, -0.2) is 0 Å². The Bertz CT molecular complexity index is 557. The molecule has 0 unspecified atom stereocenters. The first kappa shape index (κ1) is 10.7. The molecule has 0 saturated carbocycles. The van der Waals surface area contributed by atoms with Crippen molar-refractivity contribution in [2.24, 2.45) is 0 Å². The molecule has 0 fully saturated rings. The summed E-state index contributed by atoms with van der Waals surface area (Å²) in [4.78, 5) is 2.35. The van der Waals surface area contributed by atoms with Gasteiger partial charge in [0.05, 0.1) is 0 Å². The van der Waals surface area contributed by atoms with Crippen LogP contribution in [0.5, 0.6) is 0 Å². The molecule has 17 heavy (non-hydrogen) atoms. The summed E-state index contributed by atoms with van der Waals surface area (Å²) in [6.07, 6.45) is 0. The van der Waals surface area contributed by atoms with Crippen LogP contribution in [0.2, 0.25) is 0 Å². The summed E-state index contributed by atoms with van der Waals surface area (Å²) in [5, 5.41) is 4.13. The van der Waals surface area contributed by atoms with Gasteiger partial charge in [-0.25, -0.2) is 4.42 Å². The van der Waals surface area contributed by atoms with E-state index in [0.717, 1.165) is 11.5 Å². The van der Waals surface area contributed by atoms with Gasteiger partial charge in [0.25, 0.3) is 0 Å². The molecule has 0 aliphatic heterocycles. The molecule has 0 aromatic carbocycles. The number of rotatable bonds is 2. The lowest BCUT2D eigenvalue weighted by atomic mass is 10.2. The average Bonchev–Trinajstić information content (AvgIpc) is 3.02. The summed E-state index contributed by atoms with van der Waals surface area (Å²) >= 11 is 3.40. The third kappa shape index (κ3) is 2.16. The minimum Gasteiger partial charge on any atom is -0.205 e. The normalized spacial score (nSPS) is 10.6. The van der Waals surface area contributed by atoms with Gasteiger partial charge in [-0.15, -0.1) is 22.7 Å². The molecular formula is C14H11OS2+. The lowest BCUT2D eigenvalue weighted by Gasteiger charge is -1.92. The van der Waals surface area contributed by atoms with Crippen molar-refractivity contribution in [3.63, 3.8) is 0 Å². The van der Waals surface area contributed by atoms with E-state index in [4.69, 9.17) is 4.42 Å². The summed E-state index contributed by atoms with van der Waals surface area (Å²) < 4.78 is 5.97. The molecule has 84 valence electrons. The largest absolute Gasteiger partial charge is 0.370 e. The Kier molecular flexibility index (Phi) is 2.79. The van der Waals surface area contributed by atoms with E-state index in [0.29, 0.717) is 0 Å². The molecule has 3 rings (SSSR count). The Morgan fingerprint density at radius 2 is 1.41 bits per heavy atom. The summed E-state index contributed by atoms with van der Waals surface area (Å²) in [5.74, 6) is 1.90. The highest BCUT2D eigenvalue weighted by molar-refractivity contribution is 7.13. The first-order valence-corrected chi connectivity index (χ1v) is 7.11. The zero-order valence-electron chi connectivity index (χ0n) is 9.34. The monoisotopic (exact) mass is 259 g/mol. The highest BCUT2D eigenvalue weighted by atomic mass is 32.1. The molecule has 0 N–H and O–H groups in total. The minimum atomic E-state index is 0.948. The van der Waals surface area contributed by atoms with Gasteiger partial charge < -0.3 is 0 Å². The van der Waals surface area contributed by atoms with Crippen LogP contribution in [0.25, 0.3) is 21.3 Å². The van der Waals surface area contributed by atoms with Crippen molar-refractivity contribution >= 4 is 22.7 Å². The fourth-order valence-electron chi connectivity index (χ4n) is 1.71. The molecule has 0 spiro atoms. The molecule has 3 aromatic rings. The highest BCUT2D eigenvalue weighted by Gasteiger charge is 2.19. The fourth-order valence-corrected chi connectivity index (χ4v) is 3.07. The molecule has 3 heterocycles. The van der Waals surface area contributed by atoms with Gasteiger partial charge in [0, 0.05) is 12.1 Å². The minimum absolute atomic E-state index is 0.948. The molecule has 3 heteroatoms. The topological polar surface area (TPSA) is 11.3 Å². The van der Waals surface area contributed by atoms with Crippen LogP contribution < -0.4 is 0 Å². The van der Waals surface area contributed by atoms with Crippen LogP contribution in [0.1, 0.15) is 5.56 Å². The van der Waals surface area contributed by atoms with Gasteiger partial charge in [-0.2, -0.15) is 0 Å². The summed E-state index contributed by atoms with van der Waals surface area (Å²) in [6.45, 7) is 2.10. The highest BCUT2D eigenvalue weighted by Crippen LogP contribution is 2.32. The molecule has 0 atom stereocenters. The maximum atomic E-state index is 5.97. The zero-order chi connectivity index (χ0) is 11.7. The molecule has 3 aromatic heterocycles. The van der Waals surface area contributed by atoms with E-state index >= 15 is 0 Å². The van der Waals surface area contributed by atoms with Crippen molar-refractivity contribution in [2.75, 3.05) is 0 Å². The van der Waals surface area contributed by atoms with E-state index in [1.54, 1.807) is 22.7 Å². The fraction of sp³-hybridized carbons (Fsp3) is 0.0714. The first-order chi connectivity index (χ1) is 8.33. The Labute approximate surface area is 108 Å². The Balaban J connectivity index is 2.13. The second-order valence-corrected chi connectivity index (χ2v) is 5.71. The van der Waals surface area contributed by atoms with Crippen LogP contribution in [0.3, 0.4) is 0 Å². The summed E-state index contributed by atoms with van der Waals surface area (Å²) in [5.41, 5.74) is 1.23. The smallest absolute Gasteiger partial charge is 0.205 e. The van der Waals surface area contributed by atoms with E-state index in [1.165, 1.54) is 15.3 Å². The number of hydrogen-bond acceptors (Lipinski definition) is 2. The van der Waals surface area contributed by atoms with Crippen molar-refractivity contribution in [3.8, 4) is 21.3 Å². The van der Waals surface area contributed by atoms with Crippen molar-refractivity contribution in [3.05, 3.63) is 52.7 Å². The third-order valence-electron chi connectivity index (χ3n) is 2.47. The van der Waals surface area contributed by atoms with Crippen molar-refractivity contribution < 1.29 is 4.42 Å². The zero-order valence-corrected chi connectivity index (χ0v) is 11.0. The summed E-state index contributed by atoms with van der Waals surface area (Å²) in [7, 11) is 0. The lowest BCUT2D eigenvalue weighted by molar-refractivity contribution is 0.583. The van der Waals surface area contributed by atoms with Gasteiger partial charge >= 0.3 is 11.5 Å². The van der Waals surface area contributed by atoms with E-state index in [-0.39, 0.29) is 0 Å². The van der Waals surface area contributed by atoms with Crippen LogP contribution in [-0.2, 0) is 0 Å². The van der Waals surface area contributed by atoms with Gasteiger partial charge in [0.1, 0.15) is 9.75 Å². The van der Waals surface area contributed by atoms with E-state index in [9.17, 15) is 0 Å². The maximum Gasteiger partial charge on any atom is 0.370 e. The lowest BCUT2D eigenvalue weighted by Crippen LogP contribution is -1.80. The number of thiophene rings is 2. The van der Waals surface area contributed by atoms with Crippen LogP contribution >= 0.6 is 22.7 Å². The van der Waals surface area contributed by atoms with Gasteiger partial charge in [-0.3, -0.25) is 0 Å². The quantitative estimate of drug-likeness (QED) is 0.566. The number of hydrogen-bond donors (Lipinski definition) is 0. The molecule has 0 bridgehead atoms. The van der Waals surface area contributed by atoms with Crippen LogP contribution in [0.15, 0.2) is 51.6 Å². The SMILES string of the molecule is Cc1cc(-c2cccs2)[o+]c(-c2cccs2)c1. The van der Waals surface area contributed by atoms with Gasteiger partial charge in [-0.05, 0) is 35.4 Å². The van der Waals surface area contributed by atoms with Gasteiger partial charge in [0.2, 0.25) is 0 Å². The molecule has 0 saturated heterocycles. The predicted octanol–water partition coefficient (Wildman–Crippen LogP) is 5.33. The predicted molar refractivity (Wildman–Crippen MR) is 74.5 cm³/mol. The van der Waals surface area contributed by atoms with Gasteiger partial charge in [0.15, 0.2) is 0 Å². The maximum absolute atomic E-state index is 5.97. The Hall–Kier alpha value is -1.45. The van der Waals surface area contributed by atoms with Gasteiger partial charge in [-0.1, -0.05) is 12.1 Å². The van der Waals surface area contributed by atoms with Crippen molar-refractivity contribution in [1.82, 2.24) is 0 Å². The van der Waals surface area contributed by atoms with Crippen molar-refractivity contribution in [1.29, 1.82) is 0 Å². The van der Waals surface area contributed by atoms with E-state index < -0.39 is 0 Å². The second kappa shape index (κ2) is 4.43. The second-order valence-electron chi connectivity index (χ2n) is 3.82. The molecule has 1 nitrogen and oxygen atoms in total. The molecule has 0 aliphatic carbocycles. The standard InChI is InChI=1S/C14H11OS2/c1-10-8-11(13-4-2-6-16-13)15-12(9-10)14-5-3-7-17-14/h2-9H,1H3/q+1. The molecule has 0 aliphatic rings. The third-order valence-corrected chi connectivity index (χ3v) is 4.23. The summed E-state index contributed by atoms with van der Waals surface area (Å²) in [6, 6.07) is 12.4. The Morgan fingerprint density at radius 1 is 0.882 bits per heavy atom. The molecule has 0 radical (unpaired) electrons. The Morgan fingerprint density at radius 3 is 1.82 bits per heavy atom. The molecule has 0 amide bonds. The first-order valence-electron chi connectivity index (χ1n) is 5.35. The van der Waals surface area contributed by atoms with Crippen LogP contribution in [0.4, 0.5) is 0 Å². The average molecular weight is 259 g/mol.